The van der Waals surface area contributed by atoms with Crippen molar-refractivity contribution in [3.05, 3.63) is 90.0 Å². The Bertz CT molecular complexity index is 2520. The molecule has 14 nitrogen and oxygen atoms in total. The van der Waals surface area contributed by atoms with E-state index in [1.165, 1.54) is 16.0 Å². The second-order valence-electron chi connectivity index (χ2n) is 19.0. The summed E-state index contributed by atoms with van der Waals surface area (Å²) in [5.41, 5.74) is 8.24. The van der Waals surface area contributed by atoms with E-state index in [-0.39, 0.29) is 55.5 Å². The number of aromatic nitrogens is 2. The number of nitrogens with zero attached hydrogens (tertiary/aromatic N) is 5. The third kappa shape index (κ3) is 9.64. The zero-order valence-electron chi connectivity index (χ0n) is 39.5. The van der Waals surface area contributed by atoms with Gasteiger partial charge in [-0.25, -0.2) is 9.82 Å². The Labute approximate surface area is 386 Å². The molecule has 2 aromatic carbocycles. The zero-order valence-corrected chi connectivity index (χ0v) is 39.5. The summed E-state index contributed by atoms with van der Waals surface area (Å²) in [5, 5.41) is 5.16. The van der Waals surface area contributed by atoms with Crippen LogP contribution >= 0.6 is 0 Å². The molecule has 0 radical (unpaired) electrons. The average molecular weight is 906 g/mol. The van der Waals surface area contributed by atoms with Crippen molar-refractivity contribution >= 4 is 40.5 Å². The number of cyclic esters (lactones) is 1. The van der Waals surface area contributed by atoms with Gasteiger partial charge >= 0.3 is 5.97 Å². The monoisotopic (exact) mass is 905 g/mol. The number of carbonyl (C=O) groups excluding carboxylic acids is 5. The molecular weight excluding hydrogens is 842 g/mol. The highest BCUT2D eigenvalue weighted by Crippen LogP contribution is 2.42. The van der Waals surface area contributed by atoms with Gasteiger partial charge in [-0.3, -0.25) is 34.0 Å². The smallest absolute Gasteiger partial charge is 0.324 e. The maximum absolute atomic E-state index is 17.3. The highest BCUT2D eigenvalue weighted by molar-refractivity contribution is 5.96. The first-order valence-corrected chi connectivity index (χ1v) is 23.1. The van der Waals surface area contributed by atoms with Crippen molar-refractivity contribution < 1.29 is 37.8 Å². The minimum Gasteiger partial charge on any atom is -0.464 e. The minimum absolute atomic E-state index is 0.0753. The predicted octanol–water partition coefficient (Wildman–Crippen LogP) is 6.40. The van der Waals surface area contributed by atoms with Gasteiger partial charge in [-0.2, -0.15) is 0 Å². The fourth-order valence-electron chi connectivity index (χ4n) is 9.94. The number of likely N-dealkylation sites (N-methyl/N-ethyl adjacent to an activating group) is 1. The Hall–Kier alpha value is -5.93. The number of likely N-dealkylation sites (tertiary alicyclic amines) is 1. The number of nitrogens with one attached hydrogen (secondary N) is 2. The van der Waals surface area contributed by atoms with E-state index < -0.39 is 53.1 Å². The van der Waals surface area contributed by atoms with Crippen LogP contribution in [0.4, 0.5) is 4.39 Å². The maximum atomic E-state index is 17.3. The number of amides is 4. The molecule has 15 heteroatoms. The summed E-state index contributed by atoms with van der Waals surface area (Å²) in [6.45, 7) is 16.9. The molecule has 0 spiro atoms. The molecule has 2 N–H and O–H groups in total. The van der Waals surface area contributed by atoms with Gasteiger partial charge in [0.1, 0.15) is 23.9 Å². The molecule has 4 amide bonds. The van der Waals surface area contributed by atoms with Crippen LogP contribution in [0.25, 0.3) is 33.3 Å². The van der Waals surface area contributed by atoms with Gasteiger partial charge in [-0.05, 0) is 92.5 Å². The van der Waals surface area contributed by atoms with Gasteiger partial charge in [0.2, 0.25) is 17.7 Å². The van der Waals surface area contributed by atoms with Gasteiger partial charge < -0.3 is 29.2 Å². The molecule has 2 fully saturated rings. The van der Waals surface area contributed by atoms with Crippen LogP contribution < -0.4 is 10.7 Å². The summed E-state index contributed by atoms with van der Waals surface area (Å²) in [6.07, 6.45) is 4.26. The normalized spacial score (nSPS) is 21.0. The molecule has 5 heterocycles. The van der Waals surface area contributed by atoms with E-state index in [9.17, 15) is 24.0 Å². The number of aryl methyl sites for hydroxylation is 1. The van der Waals surface area contributed by atoms with Crippen LogP contribution in [0.15, 0.2) is 67.4 Å². The molecular formula is C51H64FN7O7. The van der Waals surface area contributed by atoms with Crippen molar-refractivity contribution in [1.82, 2.24) is 35.1 Å². The molecule has 3 aliphatic heterocycles. The molecule has 2 saturated heterocycles. The number of rotatable bonds is 10. The van der Waals surface area contributed by atoms with Crippen LogP contribution in [0.3, 0.4) is 0 Å². The van der Waals surface area contributed by atoms with E-state index in [2.05, 4.69) is 28.8 Å². The lowest BCUT2D eigenvalue weighted by molar-refractivity contribution is -0.155. The molecule has 0 saturated carbocycles. The van der Waals surface area contributed by atoms with Crippen molar-refractivity contribution in [2.45, 2.75) is 104 Å². The van der Waals surface area contributed by atoms with Crippen LogP contribution in [0.2, 0.25) is 0 Å². The lowest BCUT2D eigenvalue weighted by Crippen LogP contribution is -2.62. The summed E-state index contributed by atoms with van der Waals surface area (Å²) in [4.78, 5) is 77.0. The number of carbonyl (C=O) groups is 5. The zero-order chi connectivity index (χ0) is 47.6. The lowest BCUT2D eigenvalue weighted by Gasteiger charge is -2.37. The van der Waals surface area contributed by atoms with Gasteiger partial charge in [0.25, 0.3) is 5.91 Å². The Balaban J connectivity index is 1.31. The van der Waals surface area contributed by atoms with E-state index in [0.29, 0.717) is 49.9 Å². The molecule has 1 unspecified atom stereocenters. The first-order chi connectivity index (χ1) is 31.5. The van der Waals surface area contributed by atoms with Gasteiger partial charge in [0, 0.05) is 80.4 Å². The van der Waals surface area contributed by atoms with E-state index in [1.54, 1.807) is 43.5 Å². The van der Waals surface area contributed by atoms with Crippen LogP contribution in [0.1, 0.15) is 83.7 Å². The fraction of sp³-hybridized carbons (Fsp3) is 0.490. The predicted molar refractivity (Wildman–Crippen MR) is 250 cm³/mol. The third-order valence-corrected chi connectivity index (χ3v) is 13.4. The summed E-state index contributed by atoms with van der Waals surface area (Å²) in [6, 6.07) is 11.8. The average Bonchev–Trinajstić information content (AvgIpc) is 3.92. The SMILES string of the molecule is C=CC(=O)N1CC[C@H](C(=O)N(C)C(C(=O)N[C@H]2Cc3cccc(c3F)-c3ccc4c(c3)c(c(-c3cccnc3[C@H](C)OC)n4CC)CC(C)(C)COC(=O)[C@@H]3CCCN(N3)C2=O)C(C)C)C1. The largest absolute Gasteiger partial charge is 0.464 e. The number of pyridine rings is 1. The second-order valence-corrected chi connectivity index (χ2v) is 19.0. The van der Waals surface area contributed by atoms with Crippen molar-refractivity contribution in [2.75, 3.05) is 40.4 Å². The van der Waals surface area contributed by atoms with Crippen LogP contribution in [-0.2, 0) is 52.8 Å². The molecule has 2 aromatic heterocycles. The van der Waals surface area contributed by atoms with E-state index in [0.717, 1.165) is 33.4 Å². The Morgan fingerprint density at radius 2 is 1.85 bits per heavy atom. The number of hydrogen-bond donors (Lipinski definition) is 2. The summed E-state index contributed by atoms with van der Waals surface area (Å²) < 4.78 is 31.4. The van der Waals surface area contributed by atoms with Gasteiger partial charge in [0.15, 0.2) is 0 Å². The quantitative estimate of drug-likeness (QED) is 0.136. The first kappa shape index (κ1) is 48.0. The highest BCUT2D eigenvalue weighted by Gasteiger charge is 2.40. The standard InChI is InChI=1S/C51H64FN7O7/c1-10-42(60)57-24-21-34(28-57)48(62)56(8)45(30(3)4)47(61)54-40-26-33-15-12-16-35(43(33)52)32-19-20-41-37(25-32)38(46(58(41)11-2)36-17-13-22-53-44(36)31(5)65-9)27-51(6,7)29-66-50(64)39-18-14-23-59(55-39)49(40)63/h10,12-13,15-17,19-20,22,25,30-31,34,39-40,45,55H,1,11,14,18,21,23-24,26-29H2,2-9H3,(H,54,61)/t31-,34-,39-,40-,45?/m0/s1. The minimum atomic E-state index is -1.29. The summed E-state index contributed by atoms with van der Waals surface area (Å²) >= 11 is 0. The lowest BCUT2D eigenvalue weighted by atomic mass is 9.84. The topological polar surface area (TPSA) is 155 Å². The van der Waals surface area contributed by atoms with E-state index in [1.807, 2.05) is 65.0 Å². The van der Waals surface area contributed by atoms with Crippen molar-refractivity contribution in [3.8, 4) is 22.4 Å². The highest BCUT2D eigenvalue weighted by atomic mass is 19.1. The van der Waals surface area contributed by atoms with Gasteiger partial charge in [-0.1, -0.05) is 58.5 Å². The van der Waals surface area contributed by atoms with Crippen molar-refractivity contribution in [3.63, 3.8) is 0 Å². The molecule has 4 aromatic rings. The molecule has 66 heavy (non-hydrogen) atoms. The summed E-state index contributed by atoms with van der Waals surface area (Å²) in [7, 11) is 3.21. The second kappa shape index (κ2) is 19.9. The van der Waals surface area contributed by atoms with Crippen LogP contribution in [0, 0.1) is 23.1 Å². The first-order valence-electron chi connectivity index (χ1n) is 23.1. The molecule has 3 aliphatic rings. The number of esters is 1. The maximum Gasteiger partial charge on any atom is 0.324 e. The van der Waals surface area contributed by atoms with E-state index in [4.69, 9.17) is 14.5 Å². The van der Waals surface area contributed by atoms with Gasteiger partial charge in [0.05, 0.1) is 30.0 Å². The third-order valence-electron chi connectivity index (χ3n) is 13.4. The molecule has 6 bridgehead atoms. The van der Waals surface area contributed by atoms with Crippen molar-refractivity contribution in [2.24, 2.45) is 17.3 Å². The van der Waals surface area contributed by atoms with Gasteiger partial charge in [-0.15, -0.1) is 0 Å². The fourth-order valence-corrected chi connectivity index (χ4v) is 9.94. The molecule has 5 atom stereocenters. The molecule has 7 rings (SSSR count). The Morgan fingerprint density at radius 1 is 1.09 bits per heavy atom. The number of methoxy groups -OCH3 is 1. The Kier molecular flexibility index (Phi) is 14.5. The number of fused-ring (bicyclic) bond motifs is 6. The number of halogens is 1. The number of benzene rings is 2. The number of hydrazine groups is 1. The van der Waals surface area contributed by atoms with Crippen LogP contribution in [-0.4, -0.2) is 112 Å². The molecule has 352 valence electrons. The van der Waals surface area contributed by atoms with Crippen molar-refractivity contribution in [1.29, 1.82) is 0 Å². The summed E-state index contributed by atoms with van der Waals surface area (Å²) in [5.74, 6) is -3.65. The number of hydrogen-bond acceptors (Lipinski definition) is 9. The Morgan fingerprint density at radius 3 is 2.56 bits per heavy atom. The molecule has 0 aliphatic carbocycles. The van der Waals surface area contributed by atoms with Crippen LogP contribution in [0.5, 0.6) is 0 Å². The number of ether oxygens (including phenoxy) is 2. The van der Waals surface area contributed by atoms with E-state index >= 15 is 4.39 Å².